The van der Waals surface area contributed by atoms with Crippen molar-refractivity contribution in [3.05, 3.63) is 29.0 Å². The van der Waals surface area contributed by atoms with E-state index < -0.39 is 0 Å². The van der Waals surface area contributed by atoms with Gasteiger partial charge in [0, 0.05) is 25.2 Å². The third-order valence-corrected chi connectivity index (χ3v) is 4.87. The van der Waals surface area contributed by atoms with E-state index in [0.29, 0.717) is 28.7 Å². The summed E-state index contributed by atoms with van der Waals surface area (Å²) in [5, 5.41) is 4.16. The van der Waals surface area contributed by atoms with Gasteiger partial charge in [0.25, 0.3) is 0 Å². The average molecular weight is 297 g/mol. The van der Waals surface area contributed by atoms with Crippen LogP contribution >= 0.6 is 11.6 Å². The molecule has 1 saturated heterocycles. The molecule has 1 heterocycles. The molecule has 1 N–H and O–H groups in total. The fraction of sp³-hybridized carbons (Fsp3) is 0.625. The van der Waals surface area contributed by atoms with Crippen LogP contribution in [0.1, 0.15) is 26.7 Å². The first-order chi connectivity index (χ1) is 9.58. The van der Waals surface area contributed by atoms with Crippen LogP contribution in [0.3, 0.4) is 0 Å². The zero-order valence-electron chi connectivity index (χ0n) is 12.1. The van der Waals surface area contributed by atoms with E-state index in [1.165, 1.54) is 18.9 Å². The zero-order chi connectivity index (χ0) is 14.3. The van der Waals surface area contributed by atoms with E-state index in [0.717, 1.165) is 19.0 Å². The molecular weight excluding hydrogens is 275 g/mol. The molecule has 2 aliphatic rings. The number of hydrogen-bond acceptors (Lipinski definition) is 2. The highest BCUT2D eigenvalue weighted by molar-refractivity contribution is 6.33. The predicted octanol–water partition coefficient (Wildman–Crippen LogP) is 3.69. The molecule has 0 radical (unpaired) electrons. The fourth-order valence-corrected chi connectivity index (χ4v) is 3.50. The van der Waals surface area contributed by atoms with E-state index in [1.807, 2.05) is 0 Å². The van der Waals surface area contributed by atoms with Gasteiger partial charge in [-0.15, -0.1) is 0 Å². The Hall–Kier alpha value is -0.800. The van der Waals surface area contributed by atoms with Crippen molar-refractivity contribution in [1.82, 2.24) is 5.32 Å². The second kappa shape index (κ2) is 5.53. The number of rotatable bonds is 3. The quantitative estimate of drug-likeness (QED) is 0.915. The average Bonchev–Trinajstić information content (AvgIpc) is 3.22. The van der Waals surface area contributed by atoms with Crippen molar-refractivity contribution < 1.29 is 4.39 Å². The first kappa shape index (κ1) is 14.2. The lowest BCUT2D eigenvalue weighted by Crippen LogP contribution is -2.59. The van der Waals surface area contributed by atoms with Crippen LogP contribution < -0.4 is 10.2 Å². The van der Waals surface area contributed by atoms with Gasteiger partial charge >= 0.3 is 0 Å². The van der Waals surface area contributed by atoms with Crippen molar-refractivity contribution in [2.75, 3.05) is 18.0 Å². The monoisotopic (exact) mass is 296 g/mol. The minimum atomic E-state index is -0.209. The minimum absolute atomic E-state index is 0.209. The summed E-state index contributed by atoms with van der Waals surface area (Å²) in [7, 11) is 0. The van der Waals surface area contributed by atoms with E-state index in [-0.39, 0.29) is 5.82 Å². The van der Waals surface area contributed by atoms with Gasteiger partial charge in [-0.1, -0.05) is 31.5 Å². The summed E-state index contributed by atoms with van der Waals surface area (Å²) in [6.07, 6.45) is 2.59. The van der Waals surface area contributed by atoms with Crippen LogP contribution in [0, 0.1) is 17.7 Å². The molecule has 2 nitrogen and oxygen atoms in total. The topological polar surface area (TPSA) is 15.3 Å². The summed E-state index contributed by atoms with van der Waals surface area (Å²) in [6, 6.07) is 5.73. The van der Waals surface area contributed by atoms with Crippen LogP contribution in [-0.4, -0.2) is 25.2 Å². The summed E-state index contributed by atoms with van der Waals surface area (Å²) < 4.78 is 14.3. The molecule has 110 valence electrons. The van der Waals surface area contributed by atoms with Crippen molar-refractivity contribution in [3.8, 4) is 0 Å². The second-order valence-corrected chi connectivity index (χ2v) is 6.79. The Morgan fingerprint density at radius 3 is 2.70 bits per heavy atom. The highest BCUT2D eigenvalue weighted by atomic mass is 35.5. The van der Waals surface area contributed by atoms with Gasteiger partial charge < -0.3 is 10.2 Å². The van der Waals surface area contributed by atoms with E-state index >= 15 is 0 Å². The summed E-state index contributed by atoms with van der Waals surface area (Å²) >= 11 is 6.27. The van der Waals surface area contributed by atoms with Crippen LogP contribution in [0.25, 0.3) is 0 Å². The molecule has 3 rings (SSSR count). The molecule has 1 aliphatic heterocycles. The summed E-state index contributed by atoms with van der Waals surface area (Å²) in [5.41, 5.74) is 0.583. The summed E-state index contributed by atoms with van der Waals surface area (Å²) in [4.78, 5) is 2.20. The molecule has 0 aromatic heterocycles. The van der Waals surface area contributed by atoms with Gasteiger partial charge in [-0.2, -0.15) is 0 Å². The lowest BCUT2D eigenvalue weighted by atomic mass is 9.96. The molecule has 1 aromatic carbocycles. The number of para-hydroxylation sites is 1. The van der Waals surface area contributed by atoms with E-state index in [2.05, 4.69) is 24.1 Å². The number of halogens is 2. The third-order valence-electron chi connectivity index (χ3n) is 4.57. The minimum Gasteiger partial charge on any atom is -0.362 e. The Kier molecular flexibility index (Phi) is 3.91. The van der Waals surface area contributed by atoms with E-state index in [9.17, 15) is 4.39 Å². The van der Waals surface area contributed by atoms with E-state index in [4.69, 9.17) is 11.6 Å². The van der Waals surface area contributed by atoms with E-state index in [1.54, 1.807) is 12.1 Å². The van der Waals surface area contributed by atoms with Crippen LogP contribution in [0.15, 0.2) is 18.2 Å². The van der Waals surface area contributed by atoms with Crippen LogP contribution in [-0.2, 0) is 0 Å². The summed E-state index contributed by atoms with van der Waals surface area (Å²) in [6.45, 7) is 6.13. The van der Waals surface area contributed by atoms with Crippen LogP contribution in [0.4, 0.5) is 10.1 Å². The number of piperazine rings is 1. The molecule has 0 amide bonds. The van der Waals surface area contributed by atoms with Gasteiger partial charge in [-0.05, 0) is 36.8 Å². The Morgan fingerprint density at radius 2 is 2.10 bits per heavy atom. The van der Waals surface area contributed by atoms with Crippen LogP contribution in [0.5, 0.6) is 0 Å². The highest BCUT2D eigenvalue weighted by Crippen LogP contribution is 2.38. The zero-order valence-corrected chi connectivity index (χ0v) is 12.8. The number of hydrogen-bond donors (Lipinski definition) is 1. The first-order valence-corrected chi connectivity index (χ1v) is 7.89. The molecule has 4 heteroatoms. The fourth-order valence-electron chi connectivity index (χ4n) is 3.22. The normalized spacial score (nSPS) is 27.1. The van der Waals surface area contributed by atoms with Gasteiger partial charge in [-0.25, -0.2) is 4.39 Å². The predicted molar refractivity (Wildman–Crippen MR) is 81.9 cm³/mol. The third kappa shape index (κ3) is 2.66. The van der Waals surface area contributed by atoms with Crippen LogP contribution in [0.2, 0.25) is 5.02 Å². The maximum absolute atomic E-state index is 14.3. The number of benzene rings is 1. The molecular formula is C16H22ClFN2. The van der Waals surface area contributed by atoms with Gasteiger partial charge in [0.2, 0.25) is 0 Å². The molecule has 1 saturated carbocycles. The van der Waals surface area contributed by atoms with Gasteiger partial charge in [0.05, 0.1) is 10.7 Å². The SMILES string of the molecule is CC(C)C1CNC(C2CC2)CN1c1c(F)cccc1Cl. The summed E-state index contributed by atoms with van der Waals surface area (Å²) in [5.74, 6) is 1.01. The largest absolute Gasteiger partial charge is 0.362 e. The molecule has 2 atom stereocenters. The molecule has 0 spiro atoms. The Labute approximate surface area is 125 Å². The smallest absolute Gasteiger partial charge is 0.148 e. The molecule has 2 unspecified atom stereocenters. The maximum atomic E-state index is 14.3. The van der Waals surface area contributed by atoms with Gasteiger partial charge in [0.1, 0.15) is 5.82 Å². The maximum Gasteiger partial charge on any atom is 0.148 e. The first-order valence-electron chi connectivity index (χ1n) is 7.52. The van der Waals surface area contributed by atoms with Crippen molar-refractivity contribution in [3.63, 3.8) is 0 Å². The Bertz CT molecular complexity index is 467. The molecule has 0 bridgehead atoms. The second-order valence-electron chi connectivity index (χ2n) is 6.39. The van der Waals surface area contributed by atoms with Crippen molar-refractivity contribution in [2.45, 2.75) is 38.8 Å². The van der Waals surface area contributed by atoms with Crippen molar-refractivity contribution >= 4 is 17.3 Å². The Balaban J connectivity index is 1.92. The number of nitrogens with one attached hydrogen (secondary N) is 1. The standard InChI is InChI=1S/C16H22ClFN2/c1-10(2)15-8-19-14(11-6-7-11)9-20(15)16-12(17)4-3-5-13(16)18/h3-5,10-11,14-15,19H,6-9H2,1-2H3. The van der Waals surface area contributed by atoms with Gasteiger partial charge in [-0.3, -0.25) is 0 Å². The number of anilines is 1. The molecule has 1 aliphatic carbocycles. The highest BCUT2D eigenvalue weighted by Gasteiger charge is 2.39. The molecule has 20 heavy (non-hydrogen) atoms. The molecule has 1 aromatic rings. The van der Waals surface area contributed by atoms with Gasteiger partial charge in [0.15, 0.2) is 0 Å². The number of nitrogens with zero attached hydrogens (tertiary/aromatic N) is 1. The lowest BCUT2D eigenvalue weighted by Gasteiger charge is -2.44. The Morgan fingerprint density at radius 1 is 1.35 bits per heavy atom. The molecule has 2 fully saturated rings. The van der Waals surface area contributed by atoms with Crippen molar-refractivity contribution in [1.29, 1.82) is 0 Å². The lowest BCUT2D eigenvalue weighted by molar-refractivity contribution is 0.318. The van der Waals surface area contributed by atoms with Crippen molar-refractivity contribution in [2.24, 2.45) is 11.8 Å².